The predicted molar refractivity (Wildman–Crippen MR) is 91.8 cm³/mol. The minimum Gasteiger partial charge on any atom is -0.494 e. The Morgan fingerprint density at radius 1 is 1.11 bits per heavy atom. The van der Waals surface area contributed by atoms with E-state index in [0.717, 1.165) is 12.3 Å². The molecule has 0 bridgehead atoms. The van der Waals surface area contributed by atoms with Crippen LogP contribution in [0.2, 0.25) is 0 Å². The molecule has 0 amide bonds. The monoisotopic (exact) mass is 399 g/mol. The van der Waals surface area contributed by atoms with Gasteiger partial charge in [0, 0.05) is 12.4 Å². The van der Waals surface area contributed by atoms with Gasteiger partial charge in [0.05, 0.1) is 29.3 Å². The predicted octanol–water partition coefficient (Wildman–Crippen LogP) is 3.23. The average Bonchev–Trinajstić information content (AvgIpc) is 3.02. The van der Waals surface area contributed by atoms with Gasteiger partial charge < -0.3 is 9.14 Å². The summed E-state index contributed by atoms with van der Waals surface area (Å²) in [5.41, 5.74) is -0.226. The Balaban J connectivity index is 1.75. The fourth-order valence-electron chi connectivity index (χ4n) is 2.43. The summed E-state index contributed by atoms with van der Waals surface area (Å²) in [5.74, 6) is 0.553. The van der Waals surface area contributed by atoms with E-state index in [9.17, 15) is 21.6 Å². The van der Waals surface area contributed by atoms with Crippen LogP contribution in [0.25, 0.3) is 5.65 Å². The zero-order chi connectivity index (χ0) is 19.7. The maximum Gasteiger partial charge on any atom is 0.417 e. The molecule has 0 fully saturated rings. The number of aromatic nitrogens is 2. The molecule has 0 atom stereocenters. The molecule has 2 heterocycles. The largest absolute Gasteiger partial charge is 0.494 e. The van der Waals surface area contributed by atoms with Crippen LogP contribution >= 0.6 is 0 Å². The second-order valence-corrected chi connectivity index (χ2v) is 7.41. The third-order valence-electron chi connectivity index (χ3n) is 3.72. The zero-order valence-electron chi connectivity index (χ0n) is 14.2. The van der Waals surface area contributed by atoms with Crippen LogP contribution in [0.4, 0.5) is 13.2 Å². The summed E-state index contributed by atoms with van der Waals surface area (Å²) >= 11 is 0. The lowest BCUT2D eigenvalue weighted by atomic mass is 10.3. The maximum absolute atomic E-state index is 12.8. The van der Waals surface area contributed by atoms with Crippen molar-refractivity contribution in [2.24, 2.45) is 0 Å². The molecule has 1 N–H and O–H groups in total. The van der Waals surface area contributed by atoms with Gasteiger partial charge in [-0.1, -0.05) is 0 Å². The minimum atomic E-state index is -4.46. The fourth-order valence-corrected chi connectivity index (χ4v) is 3.43. The van der Waals surface area contributed by atoms with Gasteiger partial charge in [0.1, 0.15) is 11.4 Å². The number of hydrogen-bond acceptors (Lipinski definition) is 4. The smallest absolute Gasteiger partial charge is 0.417 e. The highest BCUT2D eigenvalue weighted by atomic mass is 32.2. The van der Waals surface area contributed by atoms with Crippen molar-refractivity contribution in [3.63, 3.8) is 0 Å². The Morgan fingerprint density at radius 3 is 2.44 bits per heavy atom. The van der Waals surface area contributed by atoms with Gasteiger partial charge in [0.15, 0.2) is 0 Å². The molecule has 2 aromatic heterocycles. The Kier molecular flexibility index (Phi) is 5.11. The standard InChI is InChI=1S/C17H16F3N3O3S/c1-2-26-14-4-6-15(7-5-14)27(24,25)21-9-13-11-23-10-12(17(18,19)20)3-8-16(23)22-13/h3-8,10-11,21H,2,9H2,1H3. The quantitative estimate of drug-likeness (QED) is 0.691. The van der Waals surface area contributed by atoms with Crippen LogP contribution in [0.1, 0.15) is 18.2 Å². The third kappa shape index (κ3) is 4.40. The topological polar surface area (TPSA) is 72.7 Å². The molecule has 0 unspecified atom stereocenters. The van der Waals surface area contributed by atoms with Crippen molar-refractivity contribution in [1.29, 1.82) is 0 Å². The number of benzene rings is 1. The number of nitrogens with one attached hydrogen (secondary N) is 1. The van der Waals surface area contributed by atoms with Crippen LogP contribution in [0.5, 0.6) is 5.75 Å². The number of alkyl halides is 3. The zero-order valence-corrected chi connectivity index (χ0v) is 15.0. The van der Waals surface area contributed by atoms with E-state index < -0.39 is 21.8 Å². The molecule has 10 heteroatoms. The van der Waals surface area contributed by atoms with Crippen molar-refractivity contribution >= 4 is 15.7 Å². The van der Waals surface area contributed by atoms with Crippen LogP contribution < -0.4 is 9.46 Å². The van der Waals surface area contributed by atoms with Crippen LogP contribution in [0, 0.1) is 0 Å². The highest BCUT2D eigenvalue weighted by Crippen LogP contribution is 2.29. The summed E-state index contributed by atoms with van der Waals surface area (Å²) in [6.07, 6.45) is -2.20. The first-order valence-electron chi connectivity index (χ1n) is 7.96. The highest BCUT2D eigenvalue weighted by Gasteiger charge is 2.30. The van der Waals surface area contributed by atoms with Crippen LogP contribution in [-0.2, 0) is 22.7 Å². The molecule has 144 valence electrons. The molecule has 3 rings (SSSR count). The van der Waals surface area contributed by atoms with Gasteiger partial charge in [-0.3, -0.25) is 0 Å². The van der Waals surface area contributed by atoms with E-state index in [1.165, 1.54) is 28.8 Å². The lowest BCUT2D eigenvalue weighted by Gasteiger charge is -2.07. The first kappa shape index (κ1) is 19.2. The van der Waals surface area contributed by atoms with Crippen molar-refractivity contribution < 1.29 is 26.3 Å². The summed E-state index contributed by atoms with van der Waals surface area (Å²) in [6, 6.07) is 8.06. The Hall–Kier alpha value is -2.59. The second-order valence-electron chi connectivity index (χ2n) is 5.64. The summed E-state index contributed by atoms with van der Waals surface area (Å²) in [4.78, 5) is 4.17. The van der Waals surface area contributed by atoms with E-state index in [0.29, 0.717) is 23.7 Å². The van der Waals surface area contributed by atoms with Crippen molar-refractivity contribution in [3.05, 3.63) is 60.0 Å². The van der Waals surface area contributed by atoms with Crippen molar-refractivity contribution in [1.82, 2.24) is 14.1 Å². The number of pyridine rings is 1. The average molecular weight is 399 g/mol. The summed E-state index contributed by atoms with van der Waals surface area (Å²) in [6.45, 7) is 2.13. The Labute approximate surface area is 153 Å². The maximum atomic E-state index is 12.8. The van der Waals surface area contributed by atoms with Crippen LogP contribution in [0.3, 0.4) is 0 Å². The number of ether oxygens (including phenoxy) is 1. The number of sulfonamides is 1. The molecule has 0 aliphatic carbocycles. The van der Waals surface area contributed by atoms with E-state index >= 15 is 0 Å². The Morgan fingerprint density at radius 2 is 1.81 bits per heavy atom. The first-order valence-corrected chi connectivity index (χ1v) is 9.45. The van der Waals surface area contributed by atoms with Gasteiger partial charge in [-0.2, -0.15) is 13.2 Å². The number of fused-ring (bicyclic) bond motifs is 1. The highest BCUT2D eigenvalue weighted by molar-refractivity contribution is 7.89. The molecular weight excluding hydrogens is 383 g/mol. The number of halogens is 3. The number of nitrogens with zero attached hydrogens (tertiary/aromatic N) is 2. The van der Waals surface area contributed by atoms with Gasteiger partial charge in [-0.25, -0.2) is 18.1 Å². The SMILES string of the molecule is CCOc1ccc(S(=O)(=O)NCc2cn3cc(C(F)(F)F)ccc3n2)cc1. The number of hydrogen-bond donors (Lipinski definition) is 1. The van der Waals surface area contributed by atoms with E-state index in [4.69, 9.17) is 4.74 Å². The molecule has 1 aromatic carbocycles. The number of imidazole rings is 1. The molecular formula is C17H16F3N3O3S. The van der Waals surface area contributed by atoms with E-state index in [1.54, 1.807) is 12.1 Å². The third-order valence-corrected chi connectivity index (χ3v) is 5.13. The van der Waals surface area contributed by atoms with Gasteiger partial charge in [-0.15, -0.1) is 0 Å². The van der Waals surface area contributed by atoms with Crippen molar-refractivity contribution in [3.8, 4) is 5.75 Å². The molecule has 0 aliphatic rings. The summed E-state index contributed by atoms with van der Waals surface area (Å²) < 4.78 is 71.8. The molecule has 27 heavy (non-hydrogen) atoms. The second kappa shape index (κ2) is 7.20. The fraction of sp³-hybridized carbons (Fsp3) is 0.235. The molecule has 0 radical (unpaired) electrons. The first-order chi connectivity index (χ1) is 12.7. The molecule has 6 nitrogen and oxygen atoms in total. The van der Waals surface area contributed by atoms with Gasteiger partial charge >= 0.3 is 6.18 Å². The summed E-state index contributed by atoms with van der Waals surface area (Å²) in [5, 5.41) is 0. The van der Waals surface area contributed by atoms with Gasteiger partial charge in [-0.05, 0) is 43.3 Å². The van der Waals surface area contributed by atoms with Gasteiger partial charge in [0.2, 0.25) is 10.0 Å². The lowest BCUT2D eigenvalue weighted by Crippen LogP contribution is -2.23. The van der Waals surface area contributed by atoms with E-state index in [2.05, 4.69) is 9.71 Å². The molecule has 3 aromatic rings. The lowest BCUT2D eigenvalue weighted by molar-refractivity contribution is -0.137. The van der Waals surface area contributed by atoms with E-state index in [1.807, 2.05) is 6.92 Å². The Bertz CT molecular complexity index is 1040. The molecule has 0 saturated heterocycles. The van der Waals surface area contributed by atoms with Crippen molar-refractivity contribution in [2.75, 3.05) is 6.61 Å². The molecule has 0 spiro atoms. The summed E-state index contributed by atoms with van der Waals surface area (Å²) in [7, 11) is -3.79. The van der Waals surface area contributed by atoms with E-state index in [-0.39, 0.29) is 11.4 Å². The van der Waals surface area contributed by atoms with Crippen molar-refractivity contribution in [2.45, 2.75) is 24.5 Å². The number of rotatable bonds is 6. The molecule has 0 saturated carbocycles. The molecule has 0 aliphatic heterocycles. The normalized spacial score (nSPS) is 12.4. The minimum absolute atomic E-state index is 0.0501. The van der Waals surface area contributed by atoms with Crippen LogP contribution in [-0.4, -0.2) is 24.4 Å². The van der Waals surface area contributed by atoms with Crippen LogP contribution in [0.15, 0.2) is 53.7 Å². The van der Waals surface area contributed by atoms with Gasteiger partial charge in [0.25, 0.3) is 0 Å².